The molecule has 0 spiro atoms. The maximum absolute atomic E-state index is 5.53. The minimum atomic E-state index is -0.232. The standard InChI is InChI=1S/C13H29NO4/c1-6-15-12(16-7-2)10-14-11(5)13(17-8-3)18-9-4/h11-14H,6-10H2,1-5H3. The van der Waals surface area contributed by atoms with E-state index in [-0.39, 0.29) is 18.6 Å². The van der Waals surface area contributed by atoms with Crippen molar-refractivity contribution in [1.82, 2.24) is 5.32 Å². The molecule has 0 bridgehead atoms. The topological polar surface area (TPSA) is 49.0 Å². The average molecular weight is 263 g/mol. The van der Waals surface area contributed by atoms with Crippen molar-refractivity contribution in [3.8, 4) is 0 Å². The molecule has 0 aromatic carbocycles. The van der Waals surface area contributed by atoms with E-state index in [2.05, 4.69) is 5.32 Å². The summed E-state index contributed by atoms with van der Waals surface area (Å²) in [6.07, 6.45) is -0.449. The maximum atomic E-state index is 5.53. The van der Waals surface area contributed by atoms with Gasteiger partial charge in [-0.25, -0.2) is 0 Å². The van der Waals surface area contributed by atoms with Gasteiger partial charge in [0.25, 0.3) is 0 Å². The largest absolute Gasteiger partial charge is 0.352 e. The van der Waals surface area contributed by atoms with Gasteiger partial charge in [-0.3, -0.25) is 0 Å². The Morgan fingerprint density at radius 3 is 1.61 bits per heavy atom. The minimum Gasteiger partial charge on any atom is -0.352 e. The van der Waals surface area contributed by atoms with Gasteiger partial charge < -0.3 is 24.3 Å². The second-order valence-electron chi connectivity index (χ2n) is 3.82. The van der Waals surface area contributed by atoms with Crippen LogP contribution >= 0.6 is 0 Å². The molecule has 0 saturated heterocycles. The molecule has 0 amide bonds. The summed E-state index contributed by atoms with van der Waals surface area (Å²) < 4.78 is 22.0. The van der Waals surface area contributed by atoms with Gasteiger partial charge in [-0.1, -0.05) is 0 Å². The van der Waals surface area contributed by atoms with Crippen LogP contribution in [0.5, 0.6) is 0 Å². The zero-order chi connectivity index (χ0) is 13.8. The second-order valence-corrected chi connectivity index (χ2v) is 3.82. The monoisotopic (exact) mass is 263 g/mol. The van der Waals surface area contributed by atoms with E-state index in [1.165, 1.54) is 0 Å². The molecular formula is C13H29NO4. The third-order valence-corrected chi connectivity index (χ3v) is 2.38. The summed E-state index contributed by atoms with van der Waals surface area (Å²) in [5, 5.41) is 3.32. The van der Waals surface area contributed by atoms with Crippen molar-refractivity contribution in [3.63, 3.8) is 0 Å². The molecule has 0 aromatic heterocycles. The van der Waals surface area contributed by atoms with E-state index < -0.39 is 0 Å². The summed E-state index contributed by atoms with van der Waals surface area (Å²) in [5.41, 5.74) is 0. The summed E-state index contributed by atoms with van der Waals surface area (Å²) >= 11 is 0. The fraction of sp³-hybridized carbons (Fsp3) is 1.00. The van der Waals surface area contributed by atoms with Gasteiger partial charge in [0.05, 0.1) is 6.04 Å². The highest BCUT2D eigenvalue weighted by atomic mass is 16.7. The van der Waals surface area contributed by atoms with E-state index in [0.717, 1.165) is 0 Å². The van der Waals surface area contributed by atoms with Crippen molar-refractivity contribution in [2.24, 2.45) is 0 Å². The van der Waals surface area contributed by atoms with Crippen molar-refractivity contribution in [2.75, 3.05) is 33.0 Å². The maximum Gasteiger partial charge on any atom is 0.172 e. The molecule has 0 aliphatic heterocycles. The highest BCUT2D eigenvalue weighted by Crippen LogP contribution is 2.03. The highest BCUT2D eigenvalue weighted by molar-refractivity contribution is 4.66. The fourth-order valence-corrected chi connectivity index (χ4v) is 1.58. The number of nitrogens with one attached hydrogen (secondary N) is 1. The van der Waals surface area contributed by atoms with Crippen LogP contribution in [-0.2, 0) is 18.9 Å². The molecule has 1 atom stereocenters. The zero-order valence-corrected chi connectivity index (χ0v) is 12.4. The molecule has 110 valence electrons. The predicted molar refractivity (Wildman–Crippen MR) is 71.5 cm³/mol. The Morgan fingerprint density at radius 1 is 0.778 bits per heavy atom. The Bertz CT molecular complexity index is 168. The Hall–Kier alpha value is -0.200. The molecule has 5 nitrogen and oxygen atoms in total. The SMILES string of the molecule is CCOC(CNC(C)C(OCC)OCC)OCC. The quantitative estimate of drug-likeness (QED) is 0.544. The Kier molecular flexibility index (Phi) is 11.7. The van der Waals surface area contributed by atoms with Crippen molar-refractivity contribution in [3.05, 3.63) is 0 Å². The van der Waals surface area contributed by atoms with E-state index in [1.807, 2.05) is 34.6 Å². The van der Waals surface area contributed by atoms with Crippen LogP contribution in [0.25, 0.3) is 0 Å². The lowest BCUT2D eigenvalue weighted by atomic mass is 10.3. The van der Waals surface area contributed by atoms with E-state index in [9.17, 15) is 0 Å². The number of hydrogen-bond donors (Lipinski definition) is 1. The first-order valence-corrected chi connectivity index (χ1v) is 6.89. The van der Waals surface area contributed by atoms with Gasteiger partial charge in [0, 0.05) is 33.0 Å². The lowest BCUT2D eigenvalue weighted by Crippen LogP contribution is -2.45. The van der Waals surface area contributed by atoms with E-state index in [0.29, 0.717) is 33.0 Å². The summed E-state index contributed by atoms with van der Waals surface area (Å²) in [6.45, 7) is 13.0. The van der Waals surface area contributed by atoms with E-state index >= 15 is 0 Å². The molecule has 0 aliphatic rings. The van der Waals surface area contributed by atoms with Crippen LogP contribution in [-0.4, -0.2) is 51.6 Å². The van der Waals surface area contributed by atoms with Crippen molar-refractivity contribution in [2.45, 2.75) is 53.2 Å². The fourth-order valence-electron chi connectivity index (χ4n) is 1.58. The lowest BCUT2D eigenvalue weighted by molar-refractivity contribution is -0.161. The molecule has 0 saturated carbocycles. The first kappa shape index (κ1) is 17.8. The Balaban J connectivity index is 4.04. The van der Waals surface area contributed by atoms with Gasteiger partial charge in [0.15, 0.2) is 12.6 Å². The number of hydrogen-bond acceptors (Lipinski definition) is 5. The third kappa shape index (κ3) is 8.00. The molecule has 0 fully saturated rings. The first-order valence-electron chi connectivity index (χ1n) is 6.89. The van der Waals surface area contributed by atoms with Gasteiger partial charge in [-0.05, 0) is 34.6 Å². The summed E-state index contributed by atoms with van der Waals surface area (Å²) in [5.74, 6) is 0. The average Bonchev–Trinajstić information content (AvgIpc) is 2.36. The first-order chi connectivity index (χ1) is 8.69. The molecule has 0 aromatic rings. The molecule has 0 heterocycles. The minimum absolute atomic E-state index is 0.0910. The van der Waals surface area contributed by atoms with Crippen molar-refractivity contribution < 1.29 is 18.9 Å². The van der Waals surface area contributed by atoms with Crippen molar-refractivity contribution in [1.29, 1.82) is 0 Å². The van der Waals surface area contributed by atoms with Gasteiger partial charge in [-0.15, -0.1) is 0 Å². The van der Waals surface area contributed by atoms with Crippen LogP contribution in [0, 0.1) is 0 Å². The Morgan fingerprint density at radius 2 is 1.22 bits per heavy atom. The van der Waals surface area contributed by atoms with Gasteiger partial charge in [0.1, 0.15) is 0 Å². The molecule has 18 heavy (non-hydrogen) atoms. The van der Waals surface area contributed by atoms with Gasteiger partial charge >= 0.3 is 0 Å². The van der Waals surface area contributed by atoms with Gasteiger partial charge in [-0.2, -0.15) is 0 Å². The van der Waals surface area contributed by atoms with E-state index in [4.69, 9.17) is 18.9 Å². The molecule has 1 N–H and O–H groups in total. The summed E-state index contributed by atoms with van der Waals surface area (Å²) in [4.78, 5) is 0. The molecular weight excluding hydrogens is 234 g/mol. The number of ether oxygens (including phenoxy) is 4. The molecule has 5 heteroatoms. The summed E-state index contributed by atoms with van der Waals surface area (Å²) in [7, 11) is 0. The van der Waals surface area contributed by atoms with E-state index in [1.54, 1.807) is 0 Å². The molecule has 1 unspecified atom stereocenters. The normalized spacial score (nSPS) is 13.5. The van der Waals surface area contributed by atoms with Crippen LogP contribution in [0.2, 0.25) is 0 Å². The zero-order valence-electron chi connectivity index (χ0n) is 12.4. The smallest absolute Gasteiger partial charge is 0.172 e. The summed E-state index contributed by atoms with van der Waals surface area (Å²) in [6, 6.07) is 0.0910. The Labute approximate surface area is 111 Å². The van der Waals surface area contributed by atoms with Crippen molar-refractivity contribution >= 4 is 0 Å². The van der Waals surface area contributed by atoms with Crippen LogP contribution < -0.4 is 5.32 Å². The van der Waals surface area contributed by atoms with Crippen LogP contribution in [0.3, 0.4) is 0 Å². The number of rotatable bonds is 12. The second kappa shape index (κ2) is 11.9. The predicted octanol–water partition coefficient (Wildman–Crippen LogP) is 1.76. The lowest BCUT2D eigenvalue weighted by Gasteiger charge is -2.26. The van der Waals surface area contributed by atoms with Crippen LogP contribution in [0.15, 0.2) is 0 Å². The van der Waals surface area contributed by atoms with Crippen LogP contribution in [0.1, 0.15) is 34.6 Å². The van der Waals surface area contributed by atoms with Crippen LogP contribution in [0.4, 0.5) is 0 Å². The molecule has 0 aliphatic carbocycles. The third-order valence-electron chi connectivity index (χ3n) is 2.38. The van der Waals surface area contributed by atoms with Gasteiger partial charge in [0.2, 0.25) is 0 Å². The highest BCUT2D eigenvalue weighted by Gasteiger charge is 2.19. The molecule has 0 rings (SSSR count). The molecule has 0 radical (unpaired) electrons.